The fraction of sp³-hybridized carbons (Fsp3) is 0.864. The van der Waals surface area contributed by atoms with Crippen molar-refractivity contribution in [3.63, 3.8) is 0 Å². The Balaban J connectivity index is 3.30. The van der Waals surface area contributed by atoms with Gasteiger partial charge in [0.25, 0.3) is 0 Å². The van der Waals surface area contributed by atoms with E-state index in [9.17, 15) is 9.90 Å². The minimum absolute atomic E-state index is 0.251. The van der Waals surface area contributed by atoms with Crippen LogP contribution in [-0.2, 0) is 4.79 Å². The van der Waals surface area contributed by atoms with Crippen molar-refractivity contribution in [3.8, 4) is 11.8 Å². The van der Waals surface area contributed by atoms with E-state index in [4.69, 9.17) is 5.11 Å². The molecule has 146 valence electrons. The van der Waals surface area contributed by atoms with E-state index >= 15 is 0 Å². The van der Waals surface area contributed by atoms with E-state index in [1.807, 2.05) is 0 Å². The number of unbranched alkanes of at least 4 members (excludes halogenated alkanes) is 13. The number of carbonyl (C=O) groups is 1. The zero-order valence-electron chi connectivity index (χ0n) is 16.4. The molecule has 2 N–H and O–H groups in total. The summed E-state index contributed by atoms with van der Waals surface area (Å²) in [5.41, 5.74) is 0. The highest BCUT2D eigenvalue weighted by Crippen LogP contribution is 2.11. The van der Waals surface area contributed by atoms with Gasteiger partial charge in [-0.2, -0.15) is 0 Å². The number of aliphatic hydroxyl groups excluding tert-OH is 1. The fourth-order valence-electron chi connectivity index (χ4n) is 2.93. The van der Waals surface area contributed by atoms with Crippen LogP contribution < -0.4 is 0 Å². The topological polar surface area (TPSA) is 57.5 Å². The molecule has 0 aromatic rings. The molecule has 0 rings (SSSR count). The van der Waals surface area contributed by atoms with Gasteiger partial charge >= 0.3 is 5.97 Å². The van der Waals surface area contributed by atoms with Gasteiger partial charge in [-0.15, -0.1) is 5.92 Å². The molecule has 0 saturated heterocycles. The van der Waals surface area contributed by atoms with Crippen molar-refractivity contribution in [1.82, 2.24) is 0 Å². The van der Waals surface area contributed by atoms with Gasteiger partial charge in [0.05, 0.1) is 0 Å². The van der Waals surface area contributed by atoms with Crippen molar-refractivity contribution in [2.24, 2.45) is 0 Å². The molecule has 3 heteroatoms. The van der Waals surface area contributed by atoms with Crippen LogP contribution in [0, 0.1) is 11.8 Å². The molecule has 0 saturated carbocycles. The first-order valence-electron chi connectivity index (χ1n) is 10.5. The molecular formula is C22H40O3. The number of hydrogen-bond acceptors (Lipinski definition) is 2. The van der Waals surface area contributed by atoms with Gasteiger partial charge in [0.15, 0.2) is 0 Å². The lowest BCUT2D eigenvalue weighted by Gasteiger charge is -2.03. The van der Waals surface area contributed by atoms with E-state index in [2.05, 4.69) is 18.8 Å². The number of aliphatic hydroxyl groups is 1. The molecule has 0 bridgehead atoms. The Labute approximate surface area is 155 Å². The summed E-state index contributed by atoms with van der Waals surface area (Å²) < 4.78 is 0. The molecular weight excluding hydrogens is 312 g/mol. The van der Waals surface area contributed by atoms with Crippen molar-refractivity contribution in [2.45, 2.75) is 122 Å². The molecule has 25 heavy (non-hydrogen) atoms. The second-order valence-electron chi connectivity index (χ2n) is 7.12. The van der Waals surface area contributed by atoms with E-state index in [0.29, 0.717) is 6.42 Å². The Bertz CT molecular complexity index is 354. The van der Waals surface area contributed by atoms with Gasteiger partial charge in [-0.3, -0.25) is 4.79 Å². The molecule has 0 radical (unpaired) electrons. The molecule has 0 fully saturated rings. The molecule has 3 nitrogen and oxygen atoms in total. The molecule has 0 aromatic carbocycles. The predicted octanol–water partition coefficient (Wildman–Crippen LogP) is 6.09. The van der Waals surface area contributed by atoms with Gasteiger partial charge in [0.1, 0.15) is 6.10 Å². The summed E-state index contributed by atoms with van der Waals surface area (Å²) in [7, 11) is 0. The monoisotopic (exact) mass is 352 g/mol. The molecule has 0 unspecified atom stereocenters. The van der Waals surface area contributed by atoms with Crippen molar-refractivity contribution in [3.05, 3.63) is 0 Å². The minimum Gasteiger partial charge on any atom is -0.481 e. The minimum atomic E-state index is -0.724. The molecule has 1 atom stereocenters. The van der Waals surface area contributed by atoms with E-state index in [0.717, 1.165) is 38.5 Å². The summed E-state index contributed by atoms with van der Waals surface area (Å²) in [4.78, 5) is 10.4. The van der Waals surface area contributed by atoms with Crippen molar-refractivity contribution in [2.75, 3.05) is 0 Å². The molecule has 0 amide bonds. The molecule has 0 aliphatic carbocycles. The first-order valence-corrected chi connectivity index (χ1v) is 10.5. The third-order valence-corrected chi connectivity index (χ3v) is 4.54. The number of aliphatic carboxylic acids is 1. The Morgan fingerprint density at radius 1 is 0.800 bits per heavy atom. The highest BCUT2D eigenvalue weighted by Gasteiger charge is 2.00. The summed E-state index contributed by atoms with van der Waals surface area (Å²) in [5, 5.41) is 18.3. The summed E-state index contributed by atoms with van der Waals surface area (Å²) in [5.74, 6) is 5.31. The zero-order chi connectivity index (χ0) is 18.6. The lowest BCUT2D eigenvalue weighted by atomic mass is 10.1. The van der Waals surface area contributed by atoms with Crippen LogP contribution in [0.25, 0.3) is 0 Å². The van der Waals surface area contributed by atoms with Crippen LogP contribution in [-0.4, -0.2) is 22.3 Å². The molecule has 0 spiro atoms. The van der Waals surface area contributed by atoms with Crippen LogP contribution in [0.3, 0.4) is 0 Å². The van der Waals surface area contributed by atoms with Gasteiger partial charge in [-0.25, -0.2) is 0 Å². The lowest BCUT2D eigenvalue weighted by molar-refractivity contribution is -0.137. The van der Waals surface area contributed by atoms with Crippen molar-refractivity contribution in [1.29, 1.82) is 0 Å². The second kappa shape index (κ2) is 19.3. The summed E-state index contributed by atoms with van der Waals surface area (Å²) in [6.07, 6.45) is 18.2. The normalized spacial score (nSPS) is 11.8. The summed E-state index contributed by atoms with van der Waals surface area (Å²) >= 11 is 0. The van der Waals surface area contributed by atoms with Crippen LogP contribution in [0.4, 0.5) is 0 Å². The van der Waals surface area contributed by atoms with Crippen LogP contribution in [0.15, 0.2) is 0 Å². The average molecular weight is 353 g/mol. The fourth-order valence-corrected chi connectivity index (χ4v) is 2.93. The van der Waals surface area contributed by atoms with Crippen LogP contribution in [0.5, 0.6) is 0 Å². The Kier molecular flexibility index (Phi) is 18.5. The number of hydrogen-bond donors (Lipinski definition) is 2. The molecule has 0 aromatic heterocycles. The number of carboxylic acid groups (broad SMARTS) is 1. The first kappa shape index (κ1) is 24.0. The maximum Gasteiger partial charge on any atom is 0.303 e. The second-order valence-corrected chi connectivity index (χ2v) is 7.12. The Morgan fingerprint density at radius 3 is 1.92 bits per heavy atom. The maximum atomic E-state index is 10.4. The Hall–Kier alpha value is -1.01. The highest BCUT2D eigenvalue weighted by atomic mass is 16.4. The number of carboxylic acids is 1. The largest absolute Gasteiger partial charge is 0.481 e. The number of rotatable bonds is 17. The third kappa shape index (κ3) is 20.9. The Morgan fingerprint density at radius 2 is 1.32 bits per heavy atom. The van der Waals surface area contributed by atoms with Crippen molar-refractivity contribution >= 4 is 5.97 Å². The van der Waals surface area contributed by atoms with Crippen LogP contribution in [0.1, 0.15) is 116 Å². The average Bonchev–Trinajstić information content (AvgIpc) is 2.58. The SMILES string of the molecule is CCCCCCCCCCCCC#C[C@H](O)CCCCCCC(=O)O. The maximum absolute atomic E-state index is 10.4. The van der Waals surface area contributed by atoms with Crippen molar-refractivity contribution < 1.29 is 15.0 Å². The van der Waals surface area contributed by atoms with Crippen LogP contribution in [0.2, 0.25) is 0 Å². The quantitative estimate of drug-likeness (QED) is 0.246. The van der Waals surface area contributed by atoms with Crippen LogP contribution >= 0.6 is 0 Å². The summed E-state index contributed by atoms with van der Waals surface area (Å²) in [6, 6.07) is 0. The van der Waals surface area contributed by atoms with Gasteiger partial charge < -0.3 is 10.2 Å². The predicted molar refractivity (Wildman–Crippen MR) is 106 cm³/mol. The standard InChI is InChI=1S/C22H40O3/c1-2-3-4-5-6-7-8-9-10-11-12-15-18-21(23)19-16-13-14-17-20-22(24)25/h21,23H,2-14,16-17,19-20H2,1H3,(H,24,25)/t21-/m0/s1. The van der Waals surface area contributed by atoms with E-state index in [1.165, 1.54) is 57.8 Å². The van der Waals surface area contributed by atoms with E-state index < -0.39 is 12.1 Å². The molecule has 0 aliphatic heterocycles. The van der Waals surface area contributed by atoms with Gasteiger partial charge in [-0.05, 0) is 25.7 Å². The zero-order valence-corrected chi connectivity index (χ0v) is 16.4. The van der Waals surface area contributed by atoms with Gasteiger partial charge in [-0.1, -0.05) is 83.5 Å². The third-order valence-electron chi connectivity index (χ3n) is 4.54. The highest BCUT2D eigenvalue weighted by molar-refractivity contribution is 5.66. The molecule has 0 aliphatic rings. The molecule has 0 heterocycles. The van der Waals surface area contributed by atoms with Gasteiger partial charge in [0, 0.05) is 12.8 Å². The summed E-state index contributed by atoms with van der Waals surface area (Å²) in [6.45, 7) is 2.26. The smallest absolute Gasteiger partial charge is 0.303 e. The first-order chi connectivity index (χ1) is 12.2. The van der Waals surface area contributed by atoms with E-state index in [-0.39, 0.29) is 6.42 Å². The lowest BCUT2D eigenvalue weighted by Crippen LogP contribution is -2.02. The van der Waals surface area contributed by atoms with E-state index in [1.54, 1.807) is 0 Å². The van der Waals surface area contributed by atoms with Gasteiger partial charge in [0.2, 0.25) is 0 Å².